The van der Waals surface area contributed by atoms with Crippen LogP contribution in [0.25, 0.3) is 0 Å². The van der Waals surface area contributed by atoms with Crippen LogP contribution in [0.3, 0.4) is 0 Å². The predicted molar refractivity (Wildman–Crippen MR) is 68.6 cm³/mol. The zero-order valence-electron chi connectivity index (χ0n) is 11.2. The predicted octanol–water partition coefficient (Wildman–Crippen LogP) is 2.03. The molecule has 0 aliphatic carbocycles. The molecule has 0 spiro atoms. The lowest BCUT2D eigenvalue weighted by Crippen LogP contribution is -2.58. The van der Waals surface area contributed by atoms with E-state index in [2.05, 4.69) is 5.32 Å². The number of rotatable bonds is 4. The quantitative estimate of drug-likeness (QED) is 0.862. The number of hydrogen-bond acceptors (Lipinski definition) is 2. The van der Waals surface area contributed by atoms with Crippen molar-refractivity contribution in [3.8, 4) is 0 Å². The first-order valence-corrected chi connectivity index (χ1v) is 5.90. The minimum Gasteiger partial charge on any atom is -0.388 e. The minimum atomic E-state index is -1.06. The van der Waals surface area contributed by atoms with Gasteiger partial charge >= 0.3 is 0 Å². The highest BCUT2D eigenvalue weighted by atomic mass is 19.1. The topological polar surface area (TPSA) is 49.3 Å². The highest BCUT2D eigenvalue weighted by Crippen LogP contribution is 2.20. The molecule has 4 heteroatoms. The van der Waals surface area contributed by atoms with Crippen molar-refractivity contribution in [3.63, 3.8) is 0 Å². The lowest BCUT2D eigenvalue weighted by molar-refractivity contribution is -0.125. The van der Waals surface area contributed by atoms with Gasteiger partial charge in [0, 0.05) is 0 Å². The largest absolute Gasteiger partial charge is 0.388 e. The van der Waals surface area contributed by atoms with Gasteiger partial charge in [0.1, 0.15) is 5.82 Å². The van der Waals surface area contributed by atoms with Crippen LogP contribution in [-0.4, -0.2) is 22.2 Å². The van der Waals surface area contributed by atoms with Gasteiger partial charge in [0.2, 0.25) is 5.91 Å². The second kappa shape index (κ2) is 5.06. The van der Waals surface area contributed by atoms with Gasteiger partial charge in [-0.05, 0) is 39.3 Å². The fourth-order valence-corrected chi connectivity index (χ4v) is 1.36. The molecule has 18 heavy (non-hydrogen) atoms. The van der Waals surface area contributed by atoms with Crippen LogP contribution in [0.4, 0.5) is 4.39 Å². The van der Waals surface area contributed by atoms with Gasteiger partial charge in [-0.3, -0.25) is 4.79 Å². The van der Waals surface area contributed by atoms with E-state index in [1.165, 1.54) is 6.07 Å². The van der Waals surface area contributed by atoms with E-state index in [0.717, 1.165) is 0 Å². The molecule has 3 nitrogen and oxygen atoms in total. The summed E-state index contributed by atoms with van der Waals surface area (Å²) in [6.07, 6.45) is -0.0355. The number of carbonyl (C=O) groups excluding carboxylic acids is 1. The summed E-state index contributed by atoms with van der Waals surface area (Å²) in [5.74, 6) is -0.707. The zero-order chi connectivity index (χ0) is 14.0. The van der Waals surface area contributed by atoms with E-state index in [0.29, 0.717) is 5.56 Å². The molecule has 0 atom stereocenters. The smallest absolute Gasteiger partial charge is 0.225 e. The molecule has 0 aromatic heterocycles. The molecular weight excluding hydrogens is 233 g/mol. The minimum absolute atomic E-state index is 0.0355. The van der Waals surface area contributed by atoms with E-state index in [-0.39, 0.29) is 12.3 Å². The second-order valence-corrected chi connectivity index (χ2v) is 5.50. The molecule has 0 bridgehead atoms. The number of benzene rings is 1. The maximum absolute atomic E-state index is 13.4. The fraction of sp³-hybridized carbons (Fsp3) is 0.500. The van der Waals surface area contributed by atoms with Crippen molar-refractivity contribution in [1.29, 1.82) is 0 Å². The van der Waals surface area contributed by atoms with Crippen molar-refractivity contribution in [2.75, 3.05) is 0 Å². The van der Waals surface area contributed by atoms with Crippen LogP contribution in [0.5, 0.6) is 0 Å². The van der Waals surface area contributed by atoms with Gasteiger partial charge in [-0.1, -0.05) is 18.2 Å². The Hall–Kier alpha value is -1.42. The van der Waals surface area contributed by atoms with Crippen molar-refractivity contribution in [3.05, 3.63) is 35.6 Å². The first kappa shape index (κ1) is 14.6. The normalized spacial score (nSPS) is 12.3. The number of amides is 1. The van der Waals surface area contributed by atoms with Crippen LogP contribution < -0.4 is 5.32 Å². The van der Waals surface area contributed by atoms with E-state index in [1.54, 1.807) is 45.9 Å². The average molecular weight is 253 g/mol. The molecule has 2 N–H and O–H groups in total. The highest BCUT2D eigenvalue weighted by molar-refractivity contribution is 5.79. The average Bonchev–Trinajstić information content (AvgIpc) is 2.19. The molecule has 1 aromatic rings. The molecule has 100 valence electrons. The Morgan fingerprint density at radius 1 is 1.28 bits per heavy atom. The lowest BCUT2D eigenvalue weighted by atomic mass is 9.86. The first-order valence-electron chi connectivity index (χ1n) is 5.90. The lowest BCUT2D eigenvalue weighted by Gasteiger charge is -2.38. The van der Waals surface area contributed by atoms with Gasteiger partial charge in [0.05, 0.1) is 17.6 Å². The van der Waals surface area contributed by atoms with Crippen molar-refractivity contribution >= 4 is 5.91 Å². The van der Waals surface area contributed by atoms with Gasteiger partial charge in [0.25, 0.3) is 0 Å². The zero-order valence-corrected chi connectivity index (χ0v) is 11.2. The van der Waals surface area contributed by atoms with Gasteiger partial charge < -0.3 is 10.4 Å². The van der Waals surface area contributed by atoms with Crippen molar-refractivity contribution in [2.24, 2.45) is 0 Å². The van der Waals surface area contributed by atoms with E-state index < -0.39 is 17.0 Å². The third-order valence-corrected chi connectivity index (χ3v) is 3.29. The first-order chi connectivity index (χ1) is 8.13. The van der Waals surface area contributed by atoms with Gasteiger partial charge in [-0.2, -0.15) is 0 Å². The molecule has 0 radical (unpaired) electrons. The van der Waals surface area contributed by atoms with Crippen LogP contribution in [0, 0.1) is 5.82 Å². The van der Waals surface area contributed by atoms with Crippen LogP contribution >= 0.6 is 0 Å². The van der Waals surface area contributed by atoms with E-state index in [9.17, 15) is 14.3 Å². The molecule has 0 aliphatic heterocycles. The Morgan fingerprint density at radius 2 is 1.83 bits per heavy atom. The maximum Gasteiger partial charge on any atom is 0.225 e. The number of hydrogen-bond donors (Lipinski definition) is 2. The maximum atomic E-state index is 13.4. The molecule has 0 heterocycles. The van der Waals surface area contributed by atoms with E-state index in [4.69, 9.17) is 0 Å². The third kappa shape index (κ3) is 3.53. The molecule has 1 amide bonds. The summed E-state index contributed by atoms with van der Waals surface area (Å²) in [6, 6.07) is 6.17. The van der Waals surface area contributed by atoms with Gasteiger partial charge in [-0.25, -0.2) is 4.39 Å². The van der Waals surface area contributed by atoms with Gasteiger partial charge in [-0.15, -0.1) is 0 Å². The molecule has 0 fully saturated rings. The van der Waals surface area contributed by atoms with Crippen LogP contribution in [0.15, 0.2) is 24.3 Å². The molecule has 1 rings (SSSR count). The van der Waals surface area contributed by atoms with Crippen molar-refractivity contribution < 1.29 is 14.3 Å². The molecular formula is C14H20FNO2. The Kier molecular flexibility index (Phi) is 4.12. The third-order valence-electron chi connectivity index (χ3n) is 3.29. The summed E-state index contributed by atoms with van der Waals surface area (Å²) in [5.41, 5.74) is -1.49. The molecule has 0 saturated heterocycles. The standard InChI is InChI=1S/C14H20FNO2/c1-13(2,14(3,4)18)16-12(17)9-10-7-5-6-8-11(10)15/h5-8,18H,9H2,1-4H3,(H,16,17). The van der Waals surface area contributed by atoms with Crippen LogP contribution in [0.2, 0.25) is 0 Å². The number of carbonyl (C=O) groups is 1. The van der Waals surface area contributed by atoms with Crippen LogP contribution in [-0.2, 0) is 11.2 Å². The Balaban J connectivity index is 2.72. The second-order valence-electron chi connectivity index (χ2n) is 5.50. The monoisotopic (exact) mass is 253 g/mol. The number of nitrogens with one attached hydrogen (secondary N) is 1. The summed E-state index contributed by atoms with van der Waals surface area (Å²) in [5, 5.41) is 12.6. The number of halogens is 1. The number of aliphatic hydroxyl groups is 1. The fourth-order valence-electron chi connectivity index (χ4n) is 1.36. The summed E-state index contributed by atoms with van der Waals surface area (Å²) in [7, 11) is 0. The summed E-state index contributed by atoms with van der Waals surface area (Å²) in [6.45, 7) is 6.70. The summed E-state index contributed by atoms with van der Waals surface area (Å²) < 4.78 is 13.4. The van der Waals surface area contributed by atoms with Gasteiger partial charge in [0.15, 0.2) is 0 Å². The Morgan fingerprint density at radius 3 is 2.33 bits per heavy atom. The van der Waals surface area contributed by atoms with E-state index >= 15 is 0 Å². The summed E-state index contributed by atoms with van der Waals surface area (Å²) in [4.78, 5) is 11.8. The Labute approximate surface area is 107 Å². The highest BCUT2D eigenvalue weighted by Gasteiger charge is 2.36. The molecule has 0 unspecified atom stereocenters. The van der Waals surface area contributed by atoms with Crippen molar-refractivity contribution in [2.45, 2.75) is 45.3 Å². The molecule has 0 saturated carbocycles. The summed E-state index contributed by atoms with van der Waals surface area (Å²) >= 11 is 0. The van der Waals surface area contributed by atoms with Crippen LogP contribution in [0.1, 0.15) is 33.3 Å². The van der Waals surface area contributed by atoms with E-state index in [1.807, 2.05) is 0 Å². The molecule has 1 aromatic carbocycles. The Bertz CT molecular complexity index is 436. The molecule has 0 aliphatic rings. The van der Waals surface area contributed by atoms with Crippen molar-refractivity contribution in [1.82, 2.24) is 5.32 Å². The SMILES string of the molecule is CC(C)(O)C(C)(C)NC(=O)Cc1ccccc1F.